The summed E-state index contributed by atoms with van der Waals surface area (Å²) < 4.78 is 0. The fourth-order valence-corrected chi connectivity index (χ4v) is 5.42. The van der Waals surface area contributed by atoms with Crippen LogP contribution in [0, 0.1) is 0 Å². The number of aromatic nitrogens is 2. The second-order valence-electron chi connectivity index (χ2n) is 9.99. The number of imide groups is 1. The molecule has 1 fully saturated rings. The Balaban J connectivity index is 1.18. The number of benzene rings is 2. The summed E-state index contributed by atoms with van der Waals surface area (Å²) >= 11 is 0. The van der Waals surface area contributed by atoms with Crippen molar-refractivity contribution in [1.82, 2.24) is 25.1 Å². The van der Waals surface area contributed by atoms with Crippen molar-refractivity contribution >= 4 is 28.6 Å². The van der Waals surface area contributed by atoms with Gasteiger partial charge in [-0.1, -0.05) is 30.3 Å². The molecule has 190 valence electrons. The number of piperidine rings is 1. The highest BCUT2D eigenvalue weighted by atomic mass is 16.2. The van der Waals surface area contributed by atoms with Crippen LogP contribution in [0.1, 0.15) is 39.9 Å². The van der Waals surface area contributed by atoms with Crippen molar-refractivity contribution in [2.75, 3.05) is 7.05 Å². The normalized spacial score (nSPS) is 17.3. The van der Waals surface area contributed by atoms with Crippen LogP contribution in [0.3, 0.4) is 0 Å². The summed E-state index contributed by atoms with van der Waals surface area (Å²) in [7, 11) is 2.09. The Bertz CT molecular complexity index is 1580. The Morgan fingerprint density at radius 1 is 0.974 bits per heavy atom. The summed E-state index contributed by atoms with van der Waals surface area (Å²) in [5, 5.41) is 3.48. The maximum absolute atomic E-state index is 13.0. The van der Waals surface area contributed by atoms with Crippen molar-refractivity contribution in [2.45, 2.75) is 38.5 Å². The Hall–Kier alpha value is -4.43. The van der Waals surface area contributed by atoms with Crippen LogP contribution >= 0.6 is 0 Å². The molecule has 3 amide bonds. The summed E-state index contributed by atoms with van der Waals surface area (Å²) in [5.41, 5.74) is 6.55. The number of amides is 3. The third-order valence-electron chi connectivity index (χ3n) is 7.25. The molecule has 1 saturated heterocycles. The van der Waals surface area contributed by atoms with Crippen molar-refractivity contribution in [3.8, 4) is 11.3 Å². The molecule has 2 aromatic heterocycles. The first-order valence-corrected chi connectivity index (χ1v) is 12.7. The lowest BCUT2D eigenvalue weighted by Crippen LogP contribution is -2.52. The van der Waals surface area contributed by atoms with Crippen LogP contribution in [0.2, 0.25) is 0 Å². The number of rotatable bonds is 6. The van der Waals surface area contributed by atoms with E-state index in [9.17, 15) is 14.4 Å². The fourth-order valence-electron chi connectivity index (χ4n) is 5.42. The molecule has 2 aromatic carbocycles. The highest BCUT2D eigenvalue weighted by Gasteiger charge is 2.39. The standard InChI is InChI=1S/C30H27N5O3/c1-34(17-22-5-2-4-20-6-3-12-32-28(20)22)16-19-11-13-31-25(14-19)21-7-8-24-23(15-21)18-35(30(24)38)26-9-10-27(36)33-29(26)37/h2-8,11-15,26H,9-10,16-18H2,1H3,(H,33,36,37). The third kappa shape index (κ3) is 4.54. The van der Waals surface area contributed by atoms with Gasteiger partial charge in [0.25, 0.3) is 5.91 Å². The van der Waals surface area contributed by atoms with E-state index in [2.05, 4.69) is 57.6 Å². The molecule has 8 nitrogen and oxygen atoms in total. The van der Waals surface area contributed by atoms with E-state index >= 15 is 0 Å². The van der Waals surface area contributed by atoms with E-state index < -0.39 is 11.9 Å². The van der Waals surface area contributed by atoms with Crippen LogP contribution in [0.25, 0.3) is 22.2 Å². The first kappa shape index (κ1) is 23.9. The minimum Gasteiger partial charge on any atom is -0.322 e. The molecule has 0 bridgehead atoms. The smallest absolute Gasteiger partial charge is 0.255 e. The Labute approximate surface area is 220 Å². The topological polar surface area (TPSA) is 95.5 Å². The molecule has 4 heterocycles. The third-order valence-corrected chi connectivity index (χ3v) is 7.25. The van der Waals surface area contributed by atoms with Gasteiger partial charge >= 0.3 is 0 Å². The van der Waals surface area contributed by atoms with E-state index in [4.69, 9.17) is 0 Å². The van der Waals surface area contributed by atoms with E-state index in [0.717, 1.165) is 46.4 Å². The molecular formula is C30H27N5O3. The van der Waals surface area contributed by atoms with Crippen LogP contribution in [-0.2, 0) is 29.2 Å². The number of para-hydroxylation sites is 1. The van der Waals surface area contributed by atoms with Crippen LogP contribution in [0.15, 0.2) is 73.1 Å². The maximum atomic E-state index is 13.0. The van der Waals surface area contributed by atoms with Crippen molar-refractivity contribution in [2.24, 2.45) is 0 Å². The summed E-state index contributed by atoms with van der Waals surface area (Å²) in [6.45, 7) is 1.85. The van der Waals surface area contributed by atoms with Gasteiger partial charge < -0.3 is 4.90 Å². The first-order chi connectivity index (χ1) is 18.5. The van der Waals surface area contributed by atoms with E-state index in [1.54, 1.807) is 4.90 Å². The summed E-state index contributed by atoms with van der Waals surface area (Å²) in [4.78, 5) is 49.9. The van der Waals surface area contributed by atoms with Gasteiger partial charge in [0, 0.05) is 55.0 Å². The van der Waals surface area contributed by atoms with Crippen LogP contribution in [0.4, 0.5) is 0 Å². The van der Waals surface area contributed by atoms with Crippen LogP contribution in [-0.4, -0.2) is 50.6 Å². The molecular weight excluding hydrogens is 478 g/mol. The molecule has 8 heteroatoms. The zero-order chi connectivity index (χ0) is 26.2. The lowest BCUT2D eigenvalue weighted by molar-refractivity contribution is -0.136. The molecule has 0 radical (unpaired) electrons. The van der Waals surface area contributed by atoms with Crippen molar-refractivity contribution in [3.05, 3.63) is 95.3 Å². The number of hydrogen-bond donors (Lipinski definition) is 1. The van der Waals surface area contributed by atoms with E-state index in [-0.39, 0.29) is 18.2 Å². The molecule has 38 heavy (non-hydrogen) atoms. The largest absolute Gasteiger partial charge is 0.322 e. The molecule has 2 aliphatic heterocycles. The average Bonchev–Trinajstić information content (AvgIpc) is 3.24. The van der Waals surface area contributed by atoms with Gasteiger partial charge in [-0.3, -0.25) is 34.6 Å². The van der Waals surface area contributed by atoms with E-state index in [1.165, 1.54) is 5.56 Å². The second-order valence-corrected chi connectivity index (χ2v) is 9.99. The second kappa shape index (κ2) is 9.79. The lowest BCUT2D eigenvalue weighted by Gasteiger charge is -2.29. The molecule has 0 aliphatic carbocycles. The fraction of sp³-hybridized carbons (Fsp3) is 0.233. The number of nitrogens with zero attached hydrogens (tertiary/aromatic N) is 4. The SMILES string of the molecule is CN(Cc1ccnc(-c2ccc3c(c2)CN(C2CCC(=O)NC2=O)C3=O)c1)Cc1cccc2cccnc12. The first-order valence-electron chi connectivity index (χ1n) is 12.7. The van der Waals surface area contributed by atoms with Gasteiger partial charge in [0.15, 0.2) is 0 Å². The monoisotopic (exact) mass is 505 g/mol. The van der Waals surface area contributed by atoms with E-state index in [1.807, 2.05) is 42.7 Å². The summed E-state index contributed by atoms with van der Waals surface area (Å²) in [5.74, 6) is -0.865. The predicted molar refractivity (Wildman–Crippen MR) is 143 cm³/mol. The Kier molecular flexibility index (Phi) is 6.17. The predicted octanol–water partition coefficient (Wildman–Crippen LogP) is 3.69. The van der Waals surface area contributed by atoms with Gasteiger partial charge in [-0.05, 0) is 60.5 Å². The number of pyridine rings is 2. The number of carbonyl (C=O) groups is 3. The van der Waals surface area contributed by atoms with Gasteiger partial charge in [0.1, 0.15) is 6.04 Å². The zero-order valence-electron chi connectivity index (χ0n) is 21.1. The number of carbonyl (C=O) groups excluding carboxylic acids is 3. The average molecular weight is 506 g/mol. The molecule has 0 spiro atoms. The highest BCUT2D eigenvalue weighted by molar-refractivity contribution is 6.05. The van der Waals surface area contributed by atoms with Crippen LogP contribution < -0.4 is 5.32 Å². The van der Waals surface area contributed by atoms with E-state index in [0.29, 0.717) is 18.5 Å². The molecule has 0 saturated carbocycles. The molecule has 1 unspecified atom stereocenters. The van der Waals surface area contributed by atoms with Crippen molar-refractivity contribution in [1.29, 1.82) is 0 Å². The van der Waals surface area contributed by atoms with Crippen LogP contribution in [0.5, 0.6) is 0 Å². The highest BCUT2D eigenvalue weighted by Crippen LogP contribution is 2.31. The molecule has 2 aliphatic rings. The number of fused-ring (bicyclic) bond motifs is 2. The minimum atomic E-state index is -0.620. The van der Waals surface area contributed by atoms with Gasteiger partial charge in [-0.25, -0.2) is 0 Å². The molecule has 6 rings (SSSR count). The lowest BCUT2D eigenvalue weighted by atomic mass is 10.0. The molecule has 4 aromatic rings. The molecule has 1 N–H and O–H groups in total. The van der Waals surface area contributed by atoms with Crippen molar-refractivity contribution in [3.63, 3.8) is 0 Å². The van der Waals surface area contributed by atoms with Gasteiger partial charge in [0.05, 0.1) is 11.2 Å². The quantitative estimate of drug-likeness (QED) is 0.402. The Morgan fingerprint density at radius 2 is 1.84 bits per heavy atom. The summed E-state index contributed by atoms with van der Waals surface area (Å²) in [6, 6.07) is 19.5. The maximum Gasteiger partial charge on any atom is 0.255 e. The van der Waals surface area contributed by atoms with Crippen molar-refractivity contribution < 1.29 is 14.4 Å². The van der Waals surface area contributed by atoms with Gasteiger partial charge in [-0.15, -0.1) is 0 Å². The molecule has 1 atom stereocenters. The number of hydrogen-bond acceptors (Lipinski definition) is 6. The summed E-state index contributed by atoms with van der Waals surface area (Å²) in [6.07, 6.45) is 4.23. The van der Waals surface area contributed by atoms with Gasteiger partial charge in [0.2, 0.25) is 11.8 Å². The zero-order valence-corrected chi connectivity index (χ0v) is 21.1. The number of nitrogens with one attached hydrogen (secondary N) is 1. The Morgan fingerprint density at radius 3 is 2.71 bits per heavy atom. The van der Waals surface area contributed by atoms with Gasteiger partial charge in [-0.2, -0.15) is 0 Å². The minimum absolute atomic E-state index is 0.174.